The monoisotopic (exact) mass is 249 g/mol. The summed E-state index contributed by atoms with van der Waals surface area (Å²) in [5.41, 5.74) is 5.61. The molecule has 2 rings (SSSR count). The Morgan fingerprint density at radius 2 is 2.00 bits per heavy atom. The van der Waals surface area contributed by atoms with Crippen LogP contribution in [0.3, 0.4) is 0 Å². The number of hydrogen-bond acceptors (Lipinski definition) is 8. The predicted octanol–water partition coefficient (Wildman–Crippen LogP) is -3.72. The van der Waals surface area contributed by atoms with E-state index in [1.807, 2.05) is 0 Å². The van der Waals surface area contributed by atoms with Crippen LogP contribution in [0.15, 0.2) is 0 Å². The second-order valence-corrected chi connectivity index (χ2v) is 4.40. The van der Waals surface area contributed by atoms with Crippen molar-refractivity contribution >= 4 is 0 Å². The van der Waals surface area contributed by atoms with Crippen molar-refractivity contribution in [3.8, 4) is 0 Å². The quantitative estimate of drug-likeness (QED) is 0.294. The van der Waals surface area contributed by atoms with Gasteiger partial charge >= 0.3 is 0 Å². The fourth-order valence-electron chi connectivity index (χ4n) is 2.20. The standard InChI is InChI=1S/C9H19N3O5/c10-5-1-2-12(9(16)11-5)8-7(15)6(14)4(3-13)17-8/h4-9,11,13-16H,1-3,10H2/t4-,5?,6+,7?,8-,9?/m1/s1. The lowest BCUT2D eigenvalue weighted by atomic mass is 10.1. The molecule has 2 fully saturated rings. The first kappa shape index (κ1) is 13.1. The van der Waals surface area contributed by atoms with Crippen LogP contribution in [0.1, 0.15) is 6.42 Å². The van der Waals surface area contributed by atoms with Crippen molar-refractivity contribution in [2.24, 2.45) is 5.73 Å². The lowest BCUT2D eigenvalue weighted by Crippen LogP contribution is -2.63. The molecule has 0 aromatic carbocycles. The molecule has 8 heteroatoms. The van der Waals surface area contributed by atoms with Gasteiger partial charge in [-0.2, -0.15) is 0 Å². The minimum Gasteiger partial charge on any atom is -0.394 e. The zero-order valence-electron chi connectivity index (χ0n) is 9.31. The molecule has 0 aromatic rings. The van der Waals surface area contributed by atoms with Crippen molar-refractivity contribution in [3.05, 3.63) is 0 Å². The van der Waals surface area contributed by atoms with Crippen LogP contribution in [-0.4, -0.2) is 75.5 Å². The van der Waals surface area contributed by atoms with Gasteiger partial charge in [-0.1, -0.05) is 0 Å². The highest BCUT2D eigenvalue weighted by Gasteiger charge is 2.47. The Morgan fingerprint density at radius 1 is 1.29 bits per heavy atom. The minimum atomic E-state index is -1.17. The number of nitrogens with two attached hydrogens (primary N) is 1. The van der Waals surface area contributed by atoms with Gasteiger partial charge in [0.15, 0.2) is 6.35 Å². The van der Waals surface area contributed by atoms with Crippen LogP contribution >= 0.6 is 0 Å². The average molecular weight is 249 g/mol. The molecule has 0 saturated carbocycles. The van der Waals surface area contributed by atoms with Crippen LogP contribution in [0.4, 0.5) is 0 Å². The van der Waals surface area contributed by atoms with Gasteiger partial charge in [0.2, 0.25) is 0 Å². The average Bonchev–Trinajstić information content (AvgIpc) is 2.57. The highest BCUT2D eigenvalue weighted by Crippen LogP contribution is 2.25. The first-order valence-corrected chi connectivity index (χ1v) is 5.62. The van der Waals surface area contributed by atoms with Gasteiger partial charge in [-0.25, -0.2) is 4.90 Å². The van der Waals surface area contributed by atoms with Crippen LogP contribution in [0.25, 0.3) is 0 Å². The first-order chi connectivity index (χ1) is 8.04. The van der Waals surface area contributed by atoms with E-state index in [4.69, 9.17) is 15.6 Å². The lowest BCUT2D eigenvalue weighted by Gasteiger charge is -2.39. The molecular formula is C9H19N3O5. The molecular weight excluding hydrogens is 230 g/mol. The Labute approximate surface area is 98.6 Å². The molecule has 2 saturated heterocycles. The van der Waals surface area contributed by atoms with Crippen molar-refractivity contribution in [2.45, 2.75) is 43.5 Å². The molecule has 0 spiro atoms. The normalized spacial score (nSPS) is 48.5. The summed E-state index contributed by atoms with van der Waals surface area (Å²) >= 11 is 0. The summed E-state index contributed by atoms with van der Waals surface area (Å²) in [6.07, 6.45) is -4.77. The van der Waals surface area contributed by atoms with Crippen LogP contribution in [0.5, 0.6) is 0 Å². The number of aliphatic hydroxyl groups is 4. The summed E-state index contributed by atoms with van der Waals surface area (Å²) in [5, 5.41) is 40.8. The molecule has 8 nitrogen and oxygen atoms in total. The third kappa shape index (κ3) is 2.44. The molecule has 2 aliphatic rings. The molecule has 2 aliphatic heterocycles. The van der Waals surface area contributed by atoms with Gasteiger partial charge in [-0.3, -0.25) is 5.32 Å². The van der Waals surface area contributed by atoms with E-state index in [0.29, 0.717) is 13.0 Å². The first-order valence-electron chi connectivity index (χ1n) is 5.62. The lowest BCUT2D eigenvalue weighted by molar-refractivity contribution is -0.177. The van der Waals surface area contributed by atoms with E-state index in [1.54, 1.807) is 0 Å². The zero-order chi connectivity index (χ0) is 12.6. The SMILES string of the molecule is NC1CCN([C@@H]2O[C@H](CO)[C@H](O)C2O)C(O)N1. The van der Waals surface area contributed by atoms with E-state index in [2.05, 4.69) is 5.32 Å². The van der Waals surface area contributed by atoms with Crippen molar-refractivity contribution in [3.63, 3.8) is 0 Å². The largest absolute Gasteiger partial charge is 0.394 e. The maximum atomic E-state index is 9.80. The predicted molar refractivity (Wildman–Crippen MR) is 56.2 cm³/mol. The third-order valence-corrected chi connectivity index (χ3v) is 3.22. The fraction of sp³-hybridized carbons (Fsp3) is 1.00. The van der Waals surface area contributed by atoms with Gasteiger partial charge in [0.1, 0.15) is 24.5 Å². The van der Waals surface area contributed by atoms with Gasteiger partial charge in [-0.15, -0.1) is 0 Å². The highest BCUT2D eigenvalue weighted by atomic mass is 16.6. The van der Waals surface area contributed by atoms with Crippen molar-refractivity contribution in [1.82, 2.24) is 10.2 Å². The number of aliphatic hydroxyl groups excluding tert-OH is 4. The Morgan fingerprint density at radius 3 is 2.53 bits per heavy atom. The molecule has 0 radical (unpaired) electrons. The summed E-state index contributed by atoms with van der Waals surface area (Å²) in [5.74, 6) is 0. The fourth-order valence-corrected chi connectivity index (χ4v) is 2.20. The van der Waals surface area contributed by atoms with E-state index in [0.717, 1.165) is 0 Å². The van der Waals surface area contributed by atoms with Crippen LogP contribution in [0, 0.1) is 0 Å². The summed E-state index contributed by atoms with van der Waals surface area (Å²) in [4.78, 5) is 1.47. The summed E-state index contributed by atoms with van der Waals surface area (Å²) in [7, 11) is 0. The number of ether oxygens (including phenoxy) is 1. The number of rotatable bonds is 2. The van der Waals surface area contributed by atoms with Crippen molar-refractivity contribution in [1.29, 1.82) is 0 Å². The van der Waals surface area contributed by atoms with Crippen LogP contribution in [-0.2, 0) is 4.74 Å². The third-order valence-electron chi connectivity index (χ3n) is 3.22. The van der Waals surface area contributed by atoms with Crippen molar-refractivity contribution < 1.29 is 25.2 Å². The number of hydrogen-bond donors (Lipinski definition) is 6. The van der Waals surface area contributed by atoms with Crippen molar-refractivity contribution in [2.75, 3.05) is 13.2 Å². The number of nitrogens with one attached hydrogen (secondary N) is 1. The summed E-state index contributed by atoms with van der Waals surface area (Å²) in [6.45, 7) is 0.0491. The van der Waals surface area contributed by atoms with Gasteiger partial charge in [-0.05, 0) is 6.42 Å². The smallest absolute Gasteiger partial charge is 0.166 e. The molecule has 3 unspecified atom stereocenters. The molecule has 0 bridgehead atoms. The van der Waals surface area contributed by atoms with Crippen LogP contribution < -0.4 is 11.1 Å². The molecule has 6 atom stereocenters. The van der Waals surface area contributed by atoms with E-state index >= 15 is 0 Å². The second kappa shape index (κ2) is 5.12. The van der Waals surface area contributed by atoms with E-state index in [-0.39, 0.29) is 12.8 Å². The Balaban J connectivity index is 2.03. The van der Waals surface area contributed by atoms with Gasteiger partial charge < -0.3 is 30.9 Å². The summed E-state index contributed by atoms with van der Waals surface area (Å²) < 4.78 is 5.32. The molecule has 7 N–H and O–H groups in total. The summed E-state index contributed by atoms with van der Waals surface area (Å²) in [6, 6.07) is 0. The van der Waals surface area contributed by atoms with Crippen LogP contribution in [0.2, 0.25) is 0 Å². The van der Waals surface area contributed by atoms with Gasteiger partial charge in [0.25, 0.3) is 0 Å². The zero-order valence-corrected chi connectivity index (χ0v) is 9.31. The van der Waals surface area contributed by atoms with E-state index < -0.39 is 30.9 Å². The molecule has 0 aliphatic carbocycles. The Kier molecular flexibility index (Phi) is 3.95. The van der Waals surface area contributed by atoms with E-state index in [9.17, 15) is 15.3 Å². The maximum Gasteiger partial charge on any atom is 0.166 e. The Bertz CT molecular complexity index is 269. The second-order valence-electron chi connectivity index (χ2n) is 4.40. The van der Waals surface area contributed by atoms with Gasteiger partial charge in [0, 0.05) is 6.54 Å². The molecule has 0 amide bonds. The molecule has 100 valence electrons. The molecule has 17 heavy (non-hydrogen) atoms. The topological polar surface area (TPSA) is 131 Å². The molecule has 0 aromatic heterocycles. The minimum absolute atomic E-state index is 0.307. The highest BCUT2D eigenvalue weighted by molar-refractivity contribution is 4.92. The van der Waals surface area contributed by atoms with Gasteiger partial charge in [0.05, 0.1) is 12.8 Å². The Hall–Kier alpha value is -0.320. The molecule has 2 heterocycles. The maximum absolute atomic E-state index is 9.80. The van der Waals surface area contributed by atoms with E-state index in [1.165, 1.54) is 4.90 Å². The number of nitrogens with zero attached hydrogens (tertiary/aromatic N) is 1.